The van der Waals surface area contributed by atoms with E-state index in [1.54, 1.807) is 18.2 Å². The second-order valence-electron chi connectivity index (χ2n) is 6.23. The molecule has 124 valence electrons. The van der Waals surface area contributed by atoms with Gasteiger partial charge < -0.3 is 0 Å². The van der Waals surface area contributed by atoms with Crippen molar-refractivity contribution >= 4 is 21.8 Å². The van der Waals surface area contributed by atoms with Gasteiger partial charge in [0.2, 0.25) is 10.0 Å². The van der Waals surface area contributed by atoms with Gasteiger partial charge in [0.05, 0.1) is 16.9 Å². The number of hydrogen-bond donors (Lipinski definition) is 1. The number of nitrogens with one attached hydrogen (secondary N) is 1. The van der Waals surface area contributed by atoms with Gasteiger partial charge in [-0.1, -0.05) is 24.5 Å². The average Bonchev–Trinajstić information content (AvgIpc) is 3.05. The van der Waals surface area contributed by atoms with Crippen molar-refractivity contribution in [3.8, 4) is 0 Å². The van der Waals surface area contributed by atoms with E-state index >= 15 is 0 Å². The van der Waals surface area contributed by atoms with Crippen LogP contribution in [0.1, 0.15) is 52.0 Å². The Morgan fingerprint density at radius 3 is 2.48 bits per heavy atom. The Labute approximate surface area is 135 Å². The summed E-state index contributed by atoms with van der Waals surface area (Å²) >= 11 is 0. The lowest BCUT2D eigenvalue weighted by Crippen LogP contribution is -2.40. The topological polar surface area (TPSA) is 83.6 Å². The summed E-state index contributed by atoms with van der Waals surface area (Å²) < 4.78 is 26.9. The van der Waals surface area contributed by atoms with Crippen molar-refractivity contribution in [3.05, 3.63) is 34.9 Å². The number of aryl methyl sites for hydroxylation is 1. The highest BCUT2D eigenvalue weighted by atomic mass is 32.2. The number of benzene rings is 1. The fourth-order valence-corrected chi connectivity index (χ4v) is 4.46. The summed E-state index contributed by atoms with van der Waals surface area (Å²) in [5, 5.41) is 0. The summed E-state index contributed by atoms with van der Waals surface area (Å²) in [4.78, 5) is 25.6. The molecule has 0 radical (unpaired) electrons. The zero-order valence-corrected chi connectivity index (χ0v) is 13.9. The Bertz CT molecular complexity index is 751. The average molecular weight is 336 g/mol. The van der Waals surface area contributed by atoms with Gasteiger partial charge in [-0.05, 0) is 31.9 Å². The molecule has 1 aromatic rings. The summed E-state index contributed by atoms with van der Waals surface area (Å²) in [6.07, 6.45) is 3.77. The third-order valence-electron chi connectivity index (χ3n) is 4.41. The number of nitrogens with zero attached hydrogens (tertiary/aromatic N) is 1. The van der Waals surface area contributed by atoms with Crippen LogP contribution in [-0.2, 0) is 10.0 Å². The van der Waals surface area contributed by atoms with Crippen molar-refractivity contribution in [2.45, 2.75) is 38.6 Å². The largest absolute Gasteiger partial charge is 0.273 e. The van der Waals surface area contributed by atoms with Crippen molar-refractivity contribution < 1.29 is 18.0 Å². The second-order valence-corrected chi connectivity index (χ2v) is 8.10. The molecule has 23 heavy (non-hydrogen) atoms. The molecule has 0 saturated heterocycles. The van der Waals surface area contributed by atoms with Gasteiger partial charge in [0.15, 0.2) is 0 Å². The summed E-state index contributed by atoms with van der Waals surface area (Å²) in [5.41, 5.74) is 1.60. The highest BCUT2D eigenvalue weighted by Crippen LogP contribution is 2.24. The number of rotatable bonds is 5. The number of amides is 2. The molecule has 6 nitrogen and oxygen atoms in total. The number of carbonyl (C=O) groups is 2. The van der Waals surface area contributed by atoms with Crippen LogP contribution in [0.4, 0.5) is 0 Å². The first-order chi connectivity index (χ1) is 10.9. The summed E-state index contributed by atoms with van der Waals surface area (Å²) in [6.45, 7) is 1.73. The van der Waals surface area contributed by atoms with Crippen LogP contribution < -0.4 is 4.72 Å². The number of imide groups is 1. The van der Waals surface area contributed by atoms with Crippen molar-refractivity contribution in [1.82, 2.24) is 9.62 Å². The monoisotopic (exact) mass is 336 g/mol. The lowest BCUT2D eigenvalue weighted by Gasteiger charge is -2.16. The van der Waals surface area contributed by atoms with Gasteiger partial charge in [0.1, 0.15) is 0 Å². The Balaban J connectivity index is 1.67. The van der Waals surface area contributed by atoms with E-state index in [1.807, 2.05) is 6.92 Å². The first kappa shape index (κ1) is 16.1. The lowest BCUT2D eigenvalue weighted by atomic mass is 10.1. The molecule has 3 rings (SSSR count). The van der Waals surface area contributed by atoms with Crippen LogP contribution in [0.2, 0.25) is 0 Å². The van der Waals surface area contributed by atoms with E-state index in [0.29, 0.717) is 11.1 Å². The molecule has 2 amide bonds. The molecule has 0 atom stereocenters. The Morgan fingerprint density at radius 2 is 1.78 bits per heavy atom. The zero-order chi connectivity index (χ0) is 16.6. The molecular formula is C16H20N2O4S. The van der Waals surface area contributed by atoms with Crippen molar-refractivity contribution in [2.75, 3.05) is 12.3 Å². The number of carbonyl (C=O) groups excluding carboxylic acids is 2. The quantitative estimate of drug-likeness (QED) is 0.825. The Hall–Kier alpha value is -1.73. The van der Waals surface area contributed by atoms with Crippen molar-refractivity contribution in [2.24, 2.45) is 0 Å². The highest BCUT2D eigenvalue weighted by molar-refractivity contribution is 7.89. The molecule has 1 heterocycles. The predicted molar refractivity (Wildman–Crippen MR) is 85.7 cm³/mol. The fraction of sp³-hybridized carbons (Fsp3) is 0.500. The molecule has 1 saturated carbocycles. The number of hydrogen-bond acceptors (Lipinski definition) is 4. The van der Waals surface area contributed by atoms with Gasteiger partial charge in [-0.2, -0.15) is 0 Å². The van der Waals surface area contributed by atoms with Gasteiger partial charge in [0, 0.05) is 12.6 Å². The third-order valence-corrected chi connectivity index (χ3v) is 5.82. The molecule has 2 aliphatic rings. The van der Waals surface area contributed by atoms with Gasteiger partial charge >= 0.3 is 0 Å². The minimum atomic E-state index is -3.49. The molecule has 0 spiro atoms. The molecule has 1 fully saturated rings. The van der Waals surface area contributed by atoms with E-state index in [2.05, 4.69) is 4.72 Å². The van der Waals surface area contributed by atoms with E-state index in [-0.39, 0.29) is 18.3 Å². The van der Waals surface area contributed by atoms with E-state index in [4.69, 9.17) is 0 Å². The summed E-state index contributed by atoms with van der Waals surface area (Å²) in [5.74, 6) is -1.08. The molecular weight excluding hydrogens is 316 g/mol. The van der Waals surface area contributed by atoms with E-state index in [9.17, 15) is 18.0 Å². The SMILES string of the molecule is Cc1ccc2c(c1)C(=O)N(CCS(=O)(=O)NC1CCCC1)C2=O. The van der Waals surface area contributed by atoms with Gasteiger partial charge in [-0.25, -0.2) is 13.1 Å². The zero-order valence-electron chi connectivity index (χ0n) is 13.0. The van der Waals surface area contributed by atoms with Crippen LogP contribution in [0.5, 0.6) is 0 Å². The first-order valence-electron chi connectivity index (χ1n) is 7.84. The van der Waals surface area contributed by atoms with Gasteiger partial charge in [-0.15, -0.1) is 0 Å². The summed E-state index contributed by atoms with van der Waals surface area (Å²) in [6, 6.07) is 5.05. The molecule has 1 aliphatic carbocycles. The molecule has 0 aromatic heterocycles. The van der Waals surface area contributed by atoms with Crippen molar-refractivity contribution in [3.63, 3.8) is 0 Å². The third kappa shape index (κ3) is 3.30. The highest BCUT2D eigenvalue weighted by Gasteiger charge is 2.36. The van der Waals surface area contributed by atoms with Gasteiger partial charge in [-0.3, -0.25) is 14.5 Å². The van der Waals surface area contributed by atoms with Crippen LogP contribution in [0.15, 0.2) is 18.2 Å². The maximum Gasteiger partial charge on any atom is 0.261 e. The van der Waals surface area contributed by atoms with Crippen molar-refractivity contribution in [1.29, 1.82) is 0 Å². The number of fused-ring (bicyclic) bond motifs is 1. The summed E-state index contributed by atoms with van der Waals surface area (Å²) in [7, 11) is -3.49. The maximum absolute atomic E-state index is 12.3. The molecule has 0 unspecified atom stereocenters. The first-order valence-corrected chi connectivity index (χ1v) is 9.49. The Morgan fingerprint density at radius 1 is 1.13 bits per heavy atom. The van der Waals surface area contributed by atoms with E-state index in [1.165, 1.54) is 0 Å². The van der Waals surface area contributed by atoms with Crippen LogP contribution in [-0.4, -0.2) is 43.5 Å². The second kappa shape index (κ2) is 6.05. The van der Waals surface area contributed by atoms with Crippen LogP contribution >= 0.6 is 0 Å². The molecule has 0 bridgehead atoms. The smallest absolute Gasteiger partial charge is 0.261 e. The molecule has 1 aromatic carbocycles. The normalized spacial score (nSPS) is 18.7. The van der Waals surface area contributed by atoms with Crippen LogP contribution in [0.3, 0.4) is 0 Å². The maximum atomic E-state index is 12.3. The molecule has 1 N–H and O–H groups in total. The van der Waals surface area contributed by atoms with Crippen LogP contribution in [0.25, 0.3) is 0 Å². The lowest BCUT2D eigenvalue weighted by molar-refractivity contribution is 0.0664. The van der Waals surface area contributed by atoms with Gasteiger partial charge in [0.25, 0.3) is 11.8 Å². The molecule has 7 heteroatoms. The van der Waals surface area contributed by atoms with E-state index in [0.717, 1.165) is 36.1 Å². The Kier molecular flexibility index (Phi) is 4.25. The van der Waals surface area contributed by atoms with E-state index < -0.39 is 21.8 Å². The standard InChI is InChI=1S/C16H20N2O4S/c1-11-6-7-13-14(10-11)16(20)18(15(13)19)8-9-23(21,22)17-12-4-2-3-5-12/h6-7,10,12,17H,2-5,8-9H2,1H3. The predicted octanol–water partition coefficient (Wildman–Crippen LogP) is 1.45. The van der Waals surface area contributed by atoms with Crippen LogP contribution in [0, 0.1) is 6.92 Å². The fourth-order valence-electron chi connectivity index (χ4n) is 3.18. The minimum absolute atomic E-state index is 0.00942. The minimum Gasteiger partial charge on any atom is -0.273 e. The molecule has 1 aliphatic heterocycles. The number of sulfonamides is 1.